The average Bonchev–Trinajstić information content (AvgIpc) is 3.89. The van der Waals surface area contributed by atoms with E-state index < -0.39 is 0 Å². The van der Waals surface area contributed by atoms with Crippen LogP contribution in [-0.4, -0.2) is 37.3 Å². The van der Waals surface area contributed by atoms with Crippen molar-refractivity contribution in [2.45, 2.75) is 0 Å². The van der Waals surface area contributed by atoms with Gasteiger partial charge < -0.3 is 15.0 Å². The number of rotatable bonds is 0. The van der Waals surface area contributed by atoms with Crippen LogP contribution in [0.5, 0.6) is 0 Å². The molecule has 0 aliphatic carbocycles. The van der Waals surface area contributed by atoms with Crippen LogP contribution in [0, 0.1) is 0 Å². The lowest BCUT2D eigenvalue weighted by molar-refractivity contribution is 1.28. The van der Waals surface area contributed by atoms with Crippen molar-refractivity contribution in [3.8, 4) is 0 Å². The Morgan fingerprint density at radius 1 is 0.400 bits per heavy atom. The maximum absolute atomic E-state index is 4.62. The van der Waals surface area contributed by atoms with Crippen LogP contribution in [0.1, 0.15) is 22.8 Å². The normalized spacial score (nSPS) is 13.7. The Kier molecular flexibility index (Phi) is 6.66. The number of allylic oxidation sites excluding steroid dienone is 2. The molecule has 7 heteroatoms. The van der Waals surface area contributed by atoms with Crippen molar-refractivity contribution in [1.82, 2.24) is 24.9 Å². The first-order valence-corrected chi connectivity index (χ1v) is 14.7. The molecule has 0 saturated carbocycles. The van der Waals surface area contributed by atoms with Gasteiger partial charge in [0.2, 0.25) is 0 Å². The highest BCUT2D eigenvalue weighted by atomic mass is 14.9. The second kappa shape index (κ2) is 11.4. The van der Waals surface area contributed by atoms with Crippen LogP contribution in [0.2, 0.25) is 0 Å². The molecular weight excluding hydrogens is 554 g/mol. The predicted molar refractivity (Wildman–Crippen MR) is 188 cm³/mol. The molecule has 0 radical (unpaired) electrons. The van der Waals surface area contributed by atoms with E-state index in [1.165, 1.54) is 21.8 Å². The minimum Gasteiger partial charge on any atom is -0.355 e. The Hall–Kier alpha value is -6.34. The van der Waals surface area contributed by atoms with Crippen LogP contribution in [0.3, 0.4) is 0 Å². The Morgan fingerprint density at radius 3 is 1.31 bits per heavy atom. The summed E-state index contributed by atoms with van der Waals surface area (Å²) < 4.78 is 0. The summed E-state index contributed by atoms with van der Waals surface area (Å²) in [5.41, 5.74) is 12.3. The first-order chi connectivity index (χ1) is 22.2. The number of aromatic nitrogens is 5. The third-order valence-electron chi connectivity index (χ3n) is 7.61. The van der Waals surface area contributed by atoms with Crippen molar-refractivity contribution >= 4 is 80.6 Å². The number of hydrogen-bond donors (Lipinski definition) is 3. The van der Waals surface area contributed by atoms with Gasteiger partial charge in [-0.05, 0) is 97.1 Å². The van der Waals surface area contributed by atoms with Gasteiger partial charge in [-0.15, -0.1) is 0 Å². The molecule has 0 atom stereocenters. The Morgan fingerprint density at radius 2 is 0.822 bits per heavy atom. The van der Waals surface area contributed by atoms with Crippen LogP contribution in [0.15, 0.2) is 131 Å². The van der Waals surface area contributed by atoms with E-state index in [-0.39, 0.29) is 0 Å². The molecule has 7 nitrogen and oxygen atoms in total. The molecule has 45 heavy (non-hydrogen) atoms. The third kappa shape index (κ3) is 5.70. The fourth-order valence-corrected chi connectivity index (χ4v) is 5.51. The van der Waals surface area contributed by atoms with Crippen molar-refractivity contribution in [2.24, 2.45) is 9.98 Å². The van der Waals surface area contributed by atoms with Gasteiger partial charge in [-0.25, -0.2) is 9.97 Å². The van der Waals surface area contributed by atoms with Gasteiger partial charge in [0.25, 0.3) is 0 Å². The number of hydrogen-bond acceptors (Lipinski definition) is 4. The summed E-state index contributed by atoms with van der Waals surface area (Å²) in [4.78, 5) is 27.4. The van der Waals surface area contributed by atoms with Crippen molar-refractivity contribution in [1.29, 1.82) is 0 Å². The summed E-state index contributed by atoms with van der Waals surface area (Å²) in [5.74, 6) is 0. The smallest absolute Gasteiger partial charge is 0.0901 e. The molecule has 0 saturated heterocycles. The number of nitrogens with zero attached hydrogens (tertiary/aromatic N) is 4. The van der Waals surface area contributed by atoms with Gasteiger partial charge in [0.15, 0.2) is 0 Å². The van der Waals surface area contributed by atoms with Crippen molar-refractivity contribution in [3.63, 3.8) is 0 Å². The van der Waals surface area contributed by atoms with E-state index in [0.29, 0.717) is 0 Å². The highest BCUT2D eigenvalue weighted by molar-refractivity contribution is 6.07. The average molecular weight is 582 g/mol. The van der Waals surface area contributed by atoms with Crippen LogP contribution in [0.4, 0.5) is 0 Å². The molecule has 0 spiro atoms. The van der Waals surface area contributed by atoms with Crippen molar-refractivity contribution in [2.75, 3.05) is 0 Å². The maximum atomic E-state index is 4.62. The zero-order valence-electron chi connectivity index (χ0n) is 24.1. The third-order valence-corrected chi connectivity index (χ3v) is 7.61. The van der Waals surface area contributed by atoms with E-state index in [1.807, 2.05) is 54.7 Å². The van der Waals surface area contributed by atoms with Crippen LogP contribution in [0.25, 0.3) is 68.2 Å². The molecule has 4 aliphatic heterocycles. The predicted octanol–water partition coefficient (Wildman–Crippen LogP) is 8.90. The van der Waals surface area contributed by atoms with Gasteiger partial charge in [0, 0.05) is 56.3 Å². The fraction of sp³-hybridized carbons (Fsp3) is 0. The van der Waals surface area contributed by atoms with Crippen molar-refractivity contribution < 1.29 is 0 Å². The molecule has 0 fully saturated rings. The van der Waals surface area contributed by atoms with Gasteiger partial charge >= 0.3 is 0 Å². The molecule has 4 aromatic heterocycles. The maximum Gasteiger partial charge on any atom is 0.0901 e. The molecular formula is C38H27N7. The molecule has 8 bridgehead atoms. The number of para-hydroxylation sites is 2. The van der Waals surface area contributed by atoms with E-state index in [4.69, 9.17) is 0 Å². The lowest BCUT2D eigenvalue weighted by Gasteiger charge is -1.87. The number of aliphatic imine (C=N–C) groups is 2. The molecule has 4 aliphatic rings. The molecule has 6 aromatic rings. The monoisotopic (exact) mass is 581 g/mol. The van der Waals surface area contributed by atoms with Gasteiger partial charge in [-0.1, -0.05) is 36.4 Å². The van der Waals surface area contributed by atoms with Gasteiger partial charge in [-0.2, -0.15) is 0 Å². The number of fused-ring (bicyclic) bond motifs is 12. The van der Waals surface area contributed by atoms with Crippen molar-refractivity contribution in [3.05, 3.63) is 143 Å². The minimum absolute atomic E-state index is 0.915. The molecule has 214 valence electrons. The van der Waals surface area contributed by atoms with E-state index in [0.717, 1.165) is 56.2 Å². The summed E-state index contributed by atoms with van der Waals surface area (Å²) in [6.45, 7) is 0. The van der Waals surface area contributed by atoms with Crippen LogP contribution in [-0.2, 0) is 0 Å². The SMILES string of the molecule is C1=Cc2cc3ccc(cc4ccc(cc5nc(cc1n2)C=C5)[nH]4)[nH]3.C1=NC2=CC=NC2=C1.c1ccc2c(c1)[nH]c1ccccc12. The van der Waals surface area contributed by atoms with Gasteiger partial charge in [0.1, 0.15) is 0 Å². The van der Waals surface area contributed by atoms with E-state index >= 15 is 0 Å². The van der Waals surface area contributed by atoms with E-state index in [2.05, 4.69) is 114 Å². The number of benzene rings is 2. The largest absolute Gasteiger partial charge is 0.355 e. The highest BCUT2D eigenvalue weighted by Crippen LogP contribution is 2.24. The Bertz CT molecular complexity index is 2280. The van der Waals surface area contributed by atoms with Crippen LogP contribution < -0.4 is 0 Å². The standard InChI is InChI=1S/C20H14N4.C12H9N.C6H4N2/c1-2-14-10-16-5-6-18(23-16)12-20-8-7-19(24-20)11-17-4-3-15(22-17)9-13(1)21-14;1-3-7-11-9(5-1)10-6-2-4-8-12(10)13-11;1-3-7-6-2-4-8-5(1)6/h1-12,21-22H;1-8,13H;1-4H. The summed E-state index contributed by atoms with van der Waals surface area (Å²) in [6, 6.07) is 33.2. The summed E-state index contributed by atoms with van der Waals surface area (Å²) in [6.07, 6.45) is 15.4. The number of H-pyrrole nitrogens is 3. The molecule has 0 amide bonds. The lowest BCUT2D eigenvalue weighted by atomic mass is 10.2. The van der Waals surface area contributed by atoms with Gasteiger partial charge in [-0.3, -0.25) is 9.98 Å². The van der Waals surface area contributed by atoms with Gasteiger partial charge in [0.05, 0.1) is 34.2 Å². The quantitative estimate of drug-likeness (QED) is 0.167. The second-order valence-corrected chi connectivity index (χ2v) is 10.8. The first-order valence-electron chi connectivity index (χ1n) is 14.7. The number of aromatic amines is 3. The van der Waals surface area contributed by atoms with Crippen LogP contribution >= 0.6 is 0 Å². The van der Waals surface area contributed by atoms with E-state index in [9.17, 15) is 0 Å². The minimum atomic E-state index is 0.915. The Labute approximate surface area is 258 Å². The fourth-order valence-electron chi connectivity index (χ4n) is 5.51. The zero-order valence-corrected chi connectivity index (χ0v) is 24.1. The van der Waals surface area contributed by atoms with E-state index in [1.54, 1.807) is 12.4 Å². The molecule has 10 rings (SSSR count). The molecule has 0 unspecified atom stereocenters. The summed E-state index contributed by atoms with van der Waals surface area (Å²) in [7, 11) is 0. The molecule has 8 heterocycles. The first kappa shape index (κ1) is 26.3. The lowest BCUT2D eigenvalue weighted by Crippen LogP contribution is -1.77. The zero-order chi connectivity index (χ0) is 30.0. The number of nitrogens with one attached hydrogen (secondary N) is 3. The summed E-state index contributed by atoms with van der Waals surface area (Å²) >= 11 is 0. The highest BCUT2D eigenvalue weighted by Gasteiger charge is 2.08. The second-order valence-electron chi connectivity index (χ2n) is 10.8. The topological polar surface area (TPSA) is 97.9 Å². The summed E-state index contributed by atoms with van der Waals surface area (Å²) in [5, 5.41) is 2.61. The Balaban J connectivity index is 0.000000118. The molecule has 2 aromatic carbocycles. The molecule has 3 N–H and O–H groups in total.